The van der Waals surface area contributed by atoms with Crippen LogP contribution >= 0.6 is 15.9 Å². The van der Waals surface area contributed by atoms with Crippen LogP contribution in [0.15, 0.2) is 81.6 Å². The van der Waals surface area contributed by atoms with Crippen molar-refractivity contribution in [2.75, 3.05) is 7.11 Å². The predicted molar refractivity (Wildman–Crippen MR) is 144 cm³/mol. The first-order valence-electron chi connectivity index (χ1n) is 11.4. The molecule has 0 saturated carbocycles. The SMILES string of the molecule is C=CCc1cc(C=Nn2c(CC)nc3ccc(Br)cc3c2=O)cc(OC)c1OCc1ccc(F)cc1. The molecule has 4 aromatic rings. The van der Waals surface area contributed by atoms with Gasteiger partial charge in [-0.25, -0.2) is 9.37 Å². The Balaban J connectivity index is 1.71. The number of ether oxygens (including phenoxy) is 2. The van der Waals surface area contributed by atoms with Crippen LogP contribution < -0.4 is 15.0 Å². The third kappa shape index (κ3) is 5.54. The summed E-state index contributed by atoms with van der Waals surface area (Å²) in [4.78, 5) is 17.8. The lowest BCUT2D eigenvalue weighted by Crippen LogP contribution is -2.22. The number of aromatic nitrogens is 2. The normalized spacial score (nSPS) is 11.2. The van der Waals surface area contributed by atoms with Crippen molar-refractivity contribution < 1.29 is 13.9 Å². The number of aryl methyl sites for hydroxylation is 1. The number of halogens is 2. The van der Waals surface area contributed by atoms with E-state index in [0.29, 0.717) is 41.1 Å². The monoisotopic (exact) mass is 549 g/mol. The van der Waals surface area contributed by atoms with Gasteiger partial charge in [-0.3, -0.25) is 4.79 Å². The molecule has 0 saturated heterocycles. The van der Waals surface area contributed by atoms with E-state index in [1.807, 2.05) is 25.1 Å². The molecule has 3 aromatic carbocycles. The molecule has 0 radical (unpaired) electrons. The summed E-state index contributed by atoms with van der Waals surface area (Å²) in [5.41, 5.74) is 2.78. The maximum Gasteiger partial charge on any atom is 0.282 e. The van der Waals surface area contributed by atoms with Crippen LogP contribution in [-0.2, 0) is 19.4 Å². The Morgan fingerprint density at radius 1 is 1.17 bits per heavy atom. The largest absolute Gasteiger partial charge is 0.493 e. The molecule has 8 heteroatoms. The number of allylic oxidation sites excluding steroid dienone is 1. The maximum absolute atomic E-state index is 13.2. The van der Waals surface area contributed by atoms with Crippen LogP contribution in [0, 0.1) is 5.82 Å². The van der Waals surface area contributed by atoms with Gasteiger partial charge in [0.15, 0.2) is 11.5 Å². The second kappa shape index (κ2) is 11.3. The number of hydrogen-bond donors (Lipinski definition) is 0. The van der Waals surface area contributed by atoms with Crippen molar-refractivity contribution in [3.63, 3.8) is 0 Å². The molecule has 6 nitrogen and oxygen atoms in total. The molecule has 1 aromatic heterocycles. The van der Waals surface area contributed by atoms with Gasteiger partial charge in [0, 0.05) is 16.5 Å². The Morgan fingerprint density at radius 3 is 2.64 bits per heavy atom. The molecule has 0 aliphatic rings. The fraction of sp³-hybridized carbons (Fsp3) is 0.179. The second-order valence-electron chi connectivity index (χ2n) is 8.02. The van der Waals surface area contributed by atoms with Crippen LogP contribution in [0.5, 0.6) is 11.5 Å². The van der Waals surface area contributed by atoms with Gasteiger partial charge in [0.1, 0.15) is 18.2 Å². The summed E-state index contributed by atoms with van der Waals surface area (Å²) in [7, 11) is 1.56. The average molecular weight is 550 g/mol. The Kier molecular flexibility index (Phi) is 7.95. The average Bonchev–Trinajstić information content (AvgIpc) is 2.88. The van der Waals surface area contributed by atoms with E-state index < -0.39 is 0 Å². The molecule has 0 N–H and O–H groups in total. The minimum Gasteiger partial charge on any atom is -0.493 e. The smallest absolute Gasteiger partial charge is 0.282 e. The highest BCUT2D eigenvalue weighted by atomic mass is 79.9. The molecule has 0 fully saturated rings. The molecule has 184 valence electrons. The summed E-state index contributed by atoms with van der Waals surface area (Å²) in [5, 5.41) is 4.96. The molecule has 1 heterocycles. The number of rotatable bonds is 9. The lowest BCUT2D eigenvalue weighted by molar-refractivity contribution is 0.282. The van der Waals surface area contributed by atoms with Crippen LogP contribution in [0.2, 0.25) is 0 Å². The lowest BCUT2D eigenvalue weighted by atomic mass is 10.1. The zero-order chi connectivity index (χ0) is 25.7. The Labute approximate surface area is 216 Å². The predicted octanol–water partition coefficient (Wildman–Crippen LogP) is 6.06. The van der Waals surface area contributed by atoms with E-state index in [0.717, 1.165) is 21.2 Å². The fourth-order valence-corrected chi connectivity index (χ4v) is 4.14. The molecule has 0 aliphatic carbocycles. The van der Waals surface area contributed by atoms with E-state index in [-0.39, 0.29) is 18.0 Å². The highest BCUT2D eigenvalue weighted by molar-refractivity contribution is 9.10. The van der Waals surface area contributed by atoms with E-state index >= 15 is 0 Å². The van der Waals surface area contributed by atoms with Crippen LogP contribution in [-0.4, -0.2) is 23.0 Å². The Hall–Kier alpha value is -3.78. The summed E-state index contributed by atoms with van der Waals surface area (Å²) < 4.78 is 27.0. The van der Waals surface area contributed by atoms with Crippen LogP contribution in [0.4, 0.5) is 4.39 Å². The summed E-state index contributed by atoms with van der Waals surface area (Å²) >= 11 is 3.41. The fourth-order valence-electron chi connectivity index (χ4n) is 3.78. The summed E-state index contributed by atoms with van der Waals surface area (Å²) in [6, 6.07) is 15.3. The van der Waals surface area contributed by atoms with E-state index in [1.54, 1.807) is 43.7 Å². The quantitative estimate of drug-likeness (QED) is 0.188. The first-order valence-corrected chi connectivity index (χ1v) is 12.2. The van der Waals surface area contributed by atoms with Gasteiger partial charge in [-0.05, 0) is 60.0 Å². The molecule has 0 amide bonds. The van der Waals surface area contributed by atoms with Gasteiger partial charge in [-0.2, -0.15) is 9.78 Å². The molecule has 0 bridgehead atoms. The first kappa shape index (κ1) is 25.3. The van der Waals surface area contributed by atoms with Gasteiger partial charge in [-0.1, -0.05) is 41.1 Å². The van der Waals surface area contributed by atoms with E-state index in [2.05, 4.69) is 32.6 Å². The number of nitrogens with zero attached hydrogens (tertiary/aromatic N) is 3. The topological polar surface area (TPSA) is 65.7 Å². The molecule has 0 spiro atoms. The van der Waals surface area contributed by atoms with Crippen molar-refractivity contribution in [1.82, 2.24) is 9.66 Å². The van der Waals surface area contributed by atoms with Crippen LogP contribution in [0.25, 0.3) is 10.9 Å². The van der Waals surface area contributed by atoms with E-state index in [1.165, 1.54) is 16.8 Å². The van der Waals surface area contributed by atoms with Crippen LogP contribution in [0.1, 0.15) is 29.4 Å². The minimum atomic E-state index is -0.299. The Bertz CT molecular complexity index is 1500. The van der Waals surface area contributed by atoms with Crippen molar-refractivity contribution in [3.05, 3.63) is 110 Å². The van der Waals surface area contributed by atoms with Crippen LogP contribution in [0.3, 0.4) is 0 Å². The van der Waals surface area contributed by atoms with Crippen molar-refractivity contribution in [3.8, 4) is 11.5 Å². The van der Waals surface area contributed by atoms with Gasteiger partial charge in [0.2, 0.25) is 0 Å². The summed E-state index contributed by atoms with van der Waals surface area (Å²) in [6.45, 7) is 6.02. The molecule has 0 atom stereocenters. The van der Waals surface area contributed by atoms with Crippen molar-refractivity contribution in [1.29, 1.82) is 0 Å². The molecule has 36 heavy (non-hydrogen) atoms. The second-order valence-corrected chi connectivity index (χ2v) is 8.94. The molecule has 4 rings (SSSR count). The van der Waals surface area contributed by atoms with E-state index in [9.17, 15) is 9.18 Å². The van der Waals surface area contributed by atoms with Crippen molar-refractivity contribution >= 4 is 33.0 Å². The van der Waals surface area contributed by atoms with Gasteiger partial charge < -0.3 is 9.47 Å². The first-order chi connectivity index (χ1) is 17.4. The molecular formula is C28H25BrFN3O3. The van der Waals surface area contributed by atoms with Gasteiger partial charge >= 0.3 is 0 Å². The zero-order valence-electron chi connectivity index (χ0n) is 20.0. The maximum atomic E-state index is 13.2. The van der Waals surface area contributed by atoms with Gasteiger partial charge in [0.25, 0.3) is 5.56 Å². The zero-order valence-corrected chi connectivity index (χ0v) is 21.6. The number of benzene rings is 3. The van der Waals surface area contributed by atoms with Gasteiger partial charge in [-0.15, -0.1) is 6.58 Å². The van der Waals surface area contributed by atoms with Crippen molar-refractivity contribution in [2.45, 2.75) is 26.4 Å². The van der Waals surface area contributed by atoms with E-state index in [4.69, 9.17) is 9.47 Å². The van der Waals surface area contributed by atoms with Crippen molar-refractivity contribution in [2.24, 2.45) is 5.10 Å². The third-order valence-electron chi connectivity index (χ3n) is 5.55. The third-order valence-corrected chi connectivity index (χ3v) is 6.04. The summed E-state index contributed by atoms with van der Waals surface area (Å²) in [5.74, 6) is 1.35. The van der Waals surface area contributed by atoms with Gasteiger partial charge in [0.05, 0.1) is 24.2 Å². The number of hydrogen-bond acceptors (Lipinski definition) is 5. The molecule has 0 unspecified atom stereocenters. The molecular weight excluding hydrogens is 525 g/mol. The summed E-state index contributed by atoms with van der Waals surface area (Å²) in [6.07, 6.45) is 4.44. The standard InChI is InChI=1S/C28H25BrFN3O3/c1-4-6-20-13-19(14-25(35-3)27(20)36-17-18-7-10-22(30)11-8-18)16-31-33-26(5-2)32-24-12-9-21(29)15-23(24)28(33)34/h4,7-16H,1,5-6,17H2,2-3H3. The number of methoxy groups -OCH3 is 1. The Morgan fingerprint density at radius 2 is 1.94 bits per heavy atom. The number of fused-ring (bicyclic) bond motifs is 1. The highest BCUT2D eigenvalue weighted by Gasteiger charge is 2.14. The minimum absolute atomic E-state index is 0.244. The molecule has 0 aliphatic heterocycles. The highest BCUT2D eigenvalue weighted by Crippen LogP contribution is 2.34. The lowest BCUT2D eigenvalue weighted by Gasteiger charge is -2.16.